The standard InChI is InChI=1S/C19H20N2O3/c1-13(24-19(23)15-8-5-11-20-12-15)18(22)21-17-10-4-7-14-6-2-3-9-16(14)17/h2-3,5-6,8-9,11-13,17H,4,7,10H2,1H3,(H,21,22)/t13-,17+/m0/s1. The van der Waals surface area contributed by atoms with Gasteiger partial charge < -0.3 is 10.1 Å². The van der Waals surface area contributed by atoms with E-state index in [2.05, 4.69) is 16.4 Å². The van der Waals surface area contributed by atoms with E-state index in [1.165, 1.54) is 11.8 Å². The van der Waals surface area contributed by atoms with Gasteiger partial charge in [-0.3, -0.25) is 9.78 Å². The SMILES string of the molecule is C[C@H](OC(=O)c1cccnc1)C(=O)N[C@@H]1CCCc2ccccc21. The molecular weight excluding hydrogens is 304 g/mol. The van der Waals surface area contributed by atoms with Crippen LogP contribution in [0.4, 0.5) is 0 Å². The Kier molecular flexibility index (Phi) is 4.89. The first-order valence-corrected chi connectivity index (χ1v) is 8.14. The van der Waals surface area contributed by atoms with Crippen molar-refractivity contribution < 1.29 is 14.3 Å². The van der Waals surface area contributed by atoms with Gasteiger partial charge in [-0.15, -0.1) is 0 Å². The number of hydrogen-bond acceptors (Lipinski definition) is 4. The molecular formula is C19H20N2O3. The molecule has 3 rings (SSSR count). The minimum absolute atomic E-state index is 0.0259. The Labute approximate surface area is 141 Å². The monoisotopic (exact) mass is 324 g/mol. The molecule has 0 saturated heterocycles. The second-order valence-corrected chi connectivity index (χ2v) is 5.94. The smallest absolute Gasteiger partial charge is 0.340 e. The number of ether oxygens (including phenoxy) is 1. The lowest BCUT2D eigenvalue weighted by atomic mass is 9.87. The largest absolute Gasteiger partial charge is 0.449 e. The van der Waals surface area contributed by atoms with Crippen molar-refractivity contribution >= 4 is 11.9 Å². The zero-order chi connectivity index (χ0) is 16.9. The summed E-state index contributed by atoms with van der Waals surface area (Å²) in [7, 11) is 0. The highest BCUT2D eigenvalue weighted by Crippen LogP contribution is 2.29. The second kappa shape index (κ2) is 7.25. The van der Waals surface area contributed by atoms with Crippen LogP contribution < -0.4 is 5.32 Å². The third-order valence-corrected chi connectivity index (χ3v) is 4.24. The number of nitrogens with zero attached hydrogens (tertiary/aromatic N) is 1. The lowest BCUT2D eigenvalue weighted by Crippen LogP contribution is -2.39. The Bertz CT molecular complexity index is 730. The van der Waals surface area contributed by atoms with Gasteiger partial charge >= 0.3 is 5.97 Å². The summed E-state index contributed by atoms with van der Waals surface area (Å²) in [5.41, 5.74) is 2.76. The Morgan fingerprint density at radius 2 is 2.08 bits per heavy atom. The fourth-order valence-electron chi connectivity index (χ4n) is 2.96. The molecule has 0 unspecified atom stereocenters. The van der Waals surface area contributed by atoms with Crippen molar-refractivity contribution in [2.45, 2.75) is 38.3 Å². The Morgan fingerprint density at radius 3 is 2.88 bits per heavy atom. The van der Waals surface area contributed by atoms with Gasteiger partial charge in [0.05, 0.1) is 11.6 Å². The van der Waals surface area contributed by atoms with Crippen molar-refractivity contribution in [2.24, 2.45) is 0 Å². The Hall–Kier alpha value is -2.69. The number of rotatable bonds is 4. The van der Waals surface area contributed by atoms with Crippen LogP contribution in [0.5, 0.6) is 0 Å². The van der Waals surface area contributed by atoms with Crippen molar-refractivity contribution in [3.63, 3.8) is 0 Å². The number of nitrogens with one attached hydrogen (secondary N) is 1. The van der Waals surface area contributed by atoms with Gasteiger partial charge in [-0.1, -0.05) is 24.3 Å². The maximum Gasteiger partial charge on any atom is 0.340 e. The summed E-state index contributed by atoms with van der Waals surface area (Å²) in [4.78, 5) is 28.3. The molecule has 1 heterocycles. The molecule has 5 heteroatoms. The number of benzene rings is 1. The van der Waals surface area contributed by atoms with E-state index in [0.717, 1.165) is 24.8 Å². The Balaban J connectivity index is 1.62. The average molecular weight is 324 g/mol. The molecule has 0 bridgehead atoms. The fraction of sp³-hybridized carbons (Fsp3) is 0.316. The van der Waals surface area contributed by atoms with Gasteiger partial charge in [0.15, 0.2) is 6.10 Å². The van der Waals surface area contributed by atoms with E-state index in [0.29, 0.717) is 5.56 Å². The number of pyridine rings is 1. The van der Waals surface area contributed by atoms with Crippen LogP contribution >= 0.6 is 0 Å². The van der Waals surface area contributed by atoms with Crippen molar-refractivity contribution in [1.29, 1.82) is 0 Å². The predicted octanol–water partition coefficient (Wildman–Crippen LogP) is 2.82. The quantitative estimate of drug-likeness (QED) is 0.878. The molecule has 0 saturated carbocycles. The lowest BCUT2D eigenvalue weighted by Gasteiger charge is -2.27. The van der Waals surface area contributed by atoms with E-state index in [1.807, 2.05) is 18.2 Å². The van der Waals surface area contributed by atoms with E-state index in [-0.39, 0.29) is 11.9 Å². The number of esters is 1. The molecule has 2 aromatic rings. The van der Waals surface area contributed by atoms with Crippen LogP contribution in [-0.2, 0) is 16.0 Å². The summed E-state index contributed by atoms with van der Waals surface area (Å²) in [6.45, 7) is 1.58. The van der Waals surface area contributed by atoms with E-state index < -0.39 is 12.1 Å². The van der Waals surface area contributed by atoms with Crippen molar-refractivity contribution in [3.05, 3.63) is 65.5 Å². The van der Waals surface area contributed by atoms with Crippen LogP contribution in [0.1, 0.15) is 47.3 Å². The first-order chi connectivity index (χ1) is 11.6. The van der Waals surface area contributed by atoms with Gasteiger partial charge in [-0.25, -0.2) is 4.79 Å². The maximum atomic E-state index is 12.4. The number of aromatic nitrogens is 1. The van der Waals surface area contributed by atoms with Gasteiger partial charge in [0.2, 0.25) is 0 Å². The average Bonchev–Trinajstić information content (AvgIpc) is 2.62. The number of carbonyl (C=O) groups excluding carboxylic acids is 2. The molecule has 0 radical (unpaired) electrons. The molecule has 2 atom stereocenters. The molecule has 124 valence electrons. The third kappa shape index (κ3) is 3.62. The third-order valence-electron chi connectivity index (χ3n) is 4.24. The van der Waals surface area contributed by atoms with Crippen LogP contribution in [0.2, 0.25) is 0 Å². The first-order valence-electron chi connectivity index (χ1n) is 8.14. The van der Waals surface area contributed by atoms with Crippen molar-refractivity contribution in [1.82, 2.24) is 10.3 Å². The molecule has 0 aliphatic heterocycles. The van der Waals surface area contributed by atoms with E-state index in [1.54, 1.807) is 25.3 Å². The van der Waals surface area contributed by atoms with Crippen LogP contribution in [0.3, 0.4) is 0 Å². The van der Waals surface area contributed by atoms with Crippen molar-refractivity contribution in [3.8, 4) is 0 Å². The second-order valence-electron chi connectivity index (χ2n) is 5.94. The molecule has 1 N–H and O–H groups in total. The maximum absolute atomic E-state index is 12.4. The van der Waals surface area contributed by atoms with Gasteiger partial charge in [0.1, 0.15) is 0 Å². The molecule has 1 aliphatic rings. The molecule has 0 fully saturated rings. The van der Waals surface area contributed by atoms with E-state index in [9.17, 15) is 9.59 Å². The zero-order valence-electron chi connectivity index (χ0n) is 13.6. The molecule has 24 heavy (non-hydrogen) atoms. The highest BCUT2D eigenvalue weighted by Gasteiger charge is 2.25. The number of fused-ring (bicyclic) bond motifs is 1. The summed E-state index contributed by atoms with van der Waals surface area (Å²) in [6.07, 6.45) is 5.11. The molecule has 1 aliphatic carbocycles. The Morgan fingerprint density at radius 1 is 1.25 bits per heavy atom. The first kappa shape index (κ1) is 16.2. The predicted molar refractivity (Wildman–Crippen MR) is 89.4 cm³/mol. The highest BCUT2D eigenvalue weighted by atomic mass is 16.5. The zero-order valence-corrected chi connectivity index (χ0v) is 13.6. The minimum atomic E-state index is -0.855. The normalized spacial score (nSPS) is 17.5. The topological polar surface area (TPSA) is 68.3 Å². The lowest BCUT2D eigenvalue weighted by molar-refractivity contribution is -0.130. The van der Waals surface area contributed by atoms with Crippen LogP contribution in [0.15, 0.2) is 48.8 Å². The van der Waals surface area contributed by atoms with Crippen molar-refractivity contribution in [2.75, 3.05) is 0 Å². The highest BCUT2D eigenvalue weighted by molar-refractivity contribution is 5.91. The van der Waals surface area contributed by atoms with E-state index >= 15 is 0 Å². The summed E-state index contributed by atoms with van der Waals surface area (Å²) >= 11 is 0. The van der Waals surface area contributed by atoms with Crippen LogP contribution in [0, 0.1) is 0 Å². The van der Waals surface area contributed by atoms with Crippen LogP contribution in [-0.4, -0.2) is 23.0 Å². The summed E-state index contributed by atoms with van der Waals surface area (Å²) in [5, 5.41) is 3.00. The van der Waals surface area contributed by atoms with Gasteiger partial charge in [-0.05, 0) is 49.4 Å². The summed E-state index contributed by atoms with van der Waals surface area (Å²) in [6, 6.07) is 11.4. The number of aryl methyl sites for hydroxylation is 1. The number of hydrogen-bond donors (Lipinski definition) is 1. The molecule has 1 aromatic heterocycles. The minimum Gasteiger partial charge on any atom is -0.449 e. The molecule has 5 nitrogen and oxygen atoms in total. The fourth-order valence-corrected chi connectivity index (χ4v) is 2.96. The number of amides is 1. The molecule has 1 amide bonds. The van der Waals surface area contributed by atoms with E-state index in [4.69, 9.17) is 4.74 Å². The van der Waals surface area contributed by atoms with Gasteiger partial charge in [0, 0.05) is 12.4 Å². The van der Waals surface area contributed by atoms with Gasteiger partial charge in [-0.2, -0.15) is 0 Å². The molecule has 0 spiro atoms. The summed E-state index contributed by atoms with van der Waals surface area (Å²) in [5.74, 6) is -0.830. The van der Waals surface area contributed by atoms with Crippen LogP contribution in [0.25, 0.3) is 0 Å². The van der Waals surface area contributed by atoms with Gasteiger partial charge in [0.25, 0.3) is 5.91 Å². The number of carbonyl (C=O) groups is 2. The summed E-state index contributed by atoms with van der Waals surface area (Å²) < 4.78 is 5.24. The molecule has 1 aromatic carbocycles.